The van der Waals surface area contributed by atoms with Crippen LogP contribution in [0.4, 0.5) is 4.79 Å². The van der Waals surface area contributed by atoms with Crippen LogP contribution in [0.25, 0.3) is 0 Å². The van der Waals surface area contributed by atoms with Crippen molar-refractivity contribution in [2.24, 2.45) is 16.5 Å². The van der Waals surface area contributed by atoms with Gasteiger partial charge in [0.15, 0.2) is 5.96 Å². The normalized spacial score (nSPS) is 10.9. The van der Waals surface area contributed by atoms with E-state index in [2.05, 4.69) is 15.0 Å². The Morgan fingerprint density at radius 2 is 1.77 bits per heavy atom. The molecule has 0 aliphatic carbocycles. The highest BCUT2D eigenvalue weighted by Gasteiger charge is 2.16. The lowest BCUT2D eigenvalue weighted by molar-refractivity contribution is -0.130. The van der Waals surface area contributed by atoms with Gasteiger partial charge in [0.1, 0.15) is 11.4 Å². The average Bonchev–Trinajstić information content (AvgIpc) is 2.62. The van der Waals surface area contributed by atoms with E-state index >= 15 is 0 Å². The Labute approximate surface area is 176 Å². The first-order valence-electron chi connectivity index (χ1n) is 8.88. The number of carbonyl (C=O) groups is 2. The van der Waals surface area contributed by atoms with Crippen LogP contribution in [0.5, 0.6) is 5.75 Å². The van der Waals surface area contributed by atoms with Crippen molar-refractivity contribution in [3.05, 3.63) is 30.3 Å². The molecule has 0 bridgehead atoms. The zero-order valence-electron chi connectivity index (χ0n) is 17.1. The summed E-state index contributed by atoms with van der Waals surface area (Å²) in [7, 11) is -2.89. The molecule has 1 aromatic rings. The molecule has 1 rings (SSSR count). The molecule has 0 aliphatic heterocycles. The fourth-order valence-corrected chi connectivity index (χ4v) is 1.95. The molecule has 0 aromatic heterocycles. The van der Waals surface area contributed by atoms with Crippen LogP contribution in [0.15, 0.2) is 35.3 Å². The van der Waals surface area contributed by atoms with E-state index in [0.29, 0.717) is 13.1 Å². The van der Waals surface area contributed by atoms with Gasteiger partial charge in [-0.3, -0.25) is 10.3 Å². The summed E-state index contributed by atoms with van der Waals surface area (Å²) < 4.78 is 30.5. The third kappa shape index (κ3) is 14.0. The van der Waals surface area contributed by atoms with Crippen molar-refractivity contribution in [2.45, 2.75) is 39.2 Å². The molecular formula is C18H28N4O7S. The Kier molecular flexibility index (Phi) is 12.5. The highest BCUT2D eigenvalue weighted by atomic mass is 32.2. The van der Waals surface area contributed by atoms with Crippen LogP contribution in [-0.4, -0.2) is 55.3 Å². The number of rotatable bonds is 5. The largest absolute Gasteiger partial charge is 0.475 e. The summed E-state index contributed by atoms with van der Waals surface area (Å²) in [6, 6.07) is 7.80. The van der Waals surface area contributed by atoms with Gasteiger partial charge in [0.2, 0.25) is 0 Å². The molecule has 30 heavy (non-hydrogen) atoms. The fraction of sp³-hybridized carbons (Fsp3) is 0.444. The first-order chi connectivity index (χ1) is 14.0. The van der Waals surface area contributed by atoms with Gasteiger partial charge in [-0.2, -0.15) is 8.42 Å². The predicted molar refractivity (Wildman–Crippen MR) is 113 cm³/mol. The van der Waals surface area contributed by atoms with E-state index in [1.165, 1.54) is 12.1 Å². The number of hydrogen-bond donors (Lipinski definition) is 4. The third-order valence-corrected chi connectivity index (χ3v) is 3.36. The smallest absolute Gasteiger partial charge is 0.414 e. The summed E-state index contributed by atoms with van der Waals surface area (Å²) in [4.78, 5) is 25.6. The van der Waals surface area contributed by atoms with E-state index in [-0.39, 0.29) is 11.7 Å². The first-order valence-corrected chi connectivity index (χ1v) is 9.96. The zero-order valence-corrected chi connectivity index (χ0v) is 17.9. The van der Waals surface area contributed by atoms with Crippen molar-refractivity contribution in [1.29, 1.82) is 0 Å². The predicted octanol–water partition coefficient (Wildman–Crippen LogP) is 0.724. The number of unbranched alkanes of at least 4 members (excludes halogenated alkanes) is 1. The maximum atomic E-state index is 11.2. The third-order valence-electron chi connectivity index (χ3n) is 2.80. The minimum atomic E-state index is -2.89. The number of guanidine groups is 1. The highest BCUT2D eigenvalue weighted by Crippen LogP contribution is 2.08. The zero-order chi connectivity index (χ0) is 23.2. The molecule has 0 fully saturated rings. The standard InChI is InChI=1S/C10H22N4O2.C8H6O5S/c1-10(2,3)16-9(15)14-8(12)13-7-5-4-6-11;9-7(10)8(14(11)12)13-6-4-2-1-3-5-6/h4-7,11H2,1-3H3,(H3,12,13,14,15);1-5H,(H,9,10). The second-order valence-corrected chi connectivity index (χ2v) is 7.47. The van der Waals surface area contributed by atoms with Gasteiger partial charge in [0.05, 0.1) is 0 Å². The molecule has 0 saturated heterocycles. The molecule has 0 saturated carbocycles. The summed E-state index contributed by atoms with van der Waals surface area (Å²) in [6.45, 7) is 6.53. The number of alkyl carbamates (subject to hydrolysis) is 1. The molecule has 0 atom stereocenters. The Morgan fingerprint density at radius 3 is 2.23 bits per heavy atom. The summed E-state index contributed by atoms with van der Waals surface area (Å²) >= 11 is 0. The Bertz CT molecular complexity index is 839. The van der Waals surface area contributed by atoms with Gasteiger partial charge < -0.3 is 26.0 Å². The van der Waals surface area contributed by atoms with Crippen molar-refractivity contribution in [1.82, 2.24) is 5.32 Å². The molecule has 6 N–H and O–H groups in total. The number of nitrogens with one attached hydrogen (secondary N) is 1. The van der Waals surface area contributed by atoms with Crippen LogP contribution in [0.3, 0.4) is 0 Å². The molecule has 1 aromatic carbocycles. The molecule has 0 radical (unpaired) electrons. The van der Waals surface area contributed by atoms with Crippen LogP contribution in [0.2, 0.25) is 0 Å². The van der Waals surface area contributed by atoms with Crippen molar-refractivity contribution in [3.8, 4) is 5.75 Å². The summed E-state index contributed by atoms with van der Waals surface area (Å²) in [6.07, 6.45) is 1.16. The molecule has 12 heteroatoms. The van der Waals surface area contributed by atoms with Crippen molar-refractivity contribution in [2.75, 3.05) is 13.1 Å². The fourth-order valence-electron chi connectivity index (χ4n) is 1.65. The minimum absolute atomic E-state index is 0.0753. The van der Waals surface area contributed by atoms with E-state index in [4.69, 9.17) is 21.3 Å². The molecule has 0 aliphatic rings. The van der Waals surface area contributed by atoms with Crippen molar-refractivity contribution in [3.63, 3.8) is 0 Å². The van der Waals surface area contributed by atoms with E-state index in [1.807, 2.05) is 0 Å². The van der Waals surface area contributed by atoms with E-state index < -0.39 is 33.0 Å². The SMILES string of the molecule is CC(C)(C)OC(=O)NC(N)=NCCCCN.O=C(O)C(Oc1ccccc1)=S(=O)=O. The summed E-state index contributed by atoms with van der Waals surface area (Å²) in [5.74, 6) is -1.39. The van der Waals surface area contributed by atoms with Gasteiger partial charge in [-0.05, 0) is 52.3 Å². The number of nitrogens with two attached hydrogens (primary N) is 2. The van der Waals surface area contributed by atoms with Gasteiger partial charge in [0.25, 0.3) is 10.3 Å². The van der Waals surface area contributed by atoms with Gasteiger partial charge >= 0.3 is 17.1 Å². The lowest BCUT2D eigenvalue weighted by atomic mass is 10.2. The Balaban J connectivity index is 0.000000564. The highest BCUT2D eigenvalue weighted by molar-refractivity contribution is 7.74. The Morgan fingerprint density at radius 1 is 1.17 bits per heavy atom. The first kappa shape index (κ1) is 26.9. The number of hydrogen-bond acceptors (Lipinski definition) is 8. The van der Waals surface area contributed by atoms with Crippen molar-refractivity contribution >= 4 is 33.4 Å². The van der Waals surface area contributed by atoms with Crippen LogP contribution in [0.1, 0.15) is 33.6 Å². The minimum Gasteiger partial charge on any atom is -0.475 e. The summed E-state index contributed by atoms with van der Waals surface area (Å²) in [5.41, 5.74) is 10.3. The number of amides is 1. The Hall–Kier alpha value is -3.12. The van der Waals surface area contributed by atoms with Gasteiger partial charge in [-0.25, -0.2) is 9.59 Å². The second-order valence-electron chi connectivity index (χ2n) is 6.63. The number of benzene rings is 1. The maximum absolute atomic E-state index is 11.2. The molecule has 11 nitrogen and oxygen atoms in total. The molecule has 0 heterocycles. The topological polar surface area (TPSA) is 183 Å². The average molecular weight is 445 g/mol. The summed E-state index contributed by atoms with van der Waals surface area (Å²) in [5, 5.41) is 9.78. The molecule has 168 valence electrons. The number of para-hydroxylation sites is 1. The number of aliphatic carboxylic acids is 1. The van der Waals surface area contributed by atoms with Gasteiger partial charge in [-0.1, -0.05) is 18.2 Å². The number of carboxylic acids is 1. The van der Waals surface area contributed by atoms with Gasteiger partial charge in [-0.15, -0.1) is 0 Å². The van der Waals surface area contributed by atoms with E-state index in [1.54, 1.807) is 39.0 Å². The second kappa shape index (κ2) is 14.0. The maximum Gasteiger partial charge on any atom is 0.414 e. The van der Waals surface area contributed by atoms with E-state index in [0.717, 1.165) is 12.8 Å². The van der Waals surface area contributed by atoms with Crippen LogP contribution < -0.4 is 21.5 Å². The van der Waals surface area contributed by atoms with E-state index in [9.17, 15) is 18.0 Å². The molecule has 0 spiro atoms. The molecule has 0 unspecified atom stereocenters. The number of ether oxygens (including phenoxy) is 2. The molecular weight excluding hydrogens is 416 g/mol. The monoisotopic (exact) mass is 444 g/mol. The van der Waals surface area contributed by atoms with Gasteiger partial charge in [0, 0.05) is 6.54 Å². The van der Waals surface area contributed by atoms with Crippen LogP contribution in [-0.2, 0) is 19.8 Å². The lowest BCUT2D eigenvalue weighted by Crippen LogP contribution is -2.40. The van der Waals surface area contributed by atoms with Crippen LogP contribution >= 0.6 is 0 Å². The number of carbonyl (C=O) groups excluding carboxylic acids is 1. The number of carboxylic acid groups (broad SMARTS) is 1. The van der Waals surface area contributed by atoms with Crippen molar-refractivity contribution < 1.29 is 32.6 Å². The number of aliphatic imine (C=N–C) groups is 1. The van der Waals surface area contributed by atoms with Crippen LogP contribution in [0, 0.1) is 0 Å². The quantitative estimate of drug-likeness (QED) is 0.220. The number of nitrogens with zero attached hydrogens (tertiary/aromatic N) is 1. The lowest BCUT2D eigenvalue weighted by Gasteiger charge is -2.19. The molecule has 1 amide bonds.